The summed E-state index contributed by atoms with van der Waals surface area (Å²) in [6, 6.07) is 5.49. The lowest BCUT2D eigenvalue weighted by atomic mass is 10.0. The van der Waals surface area contributed by atoms with Crippen molar-refractivity contribution >= 4 is 18.7 Å². The van der Waals surface area contributed by atoms with Crippen molar-refractivity contribution in [1.82, 2.24) is 9.79 Å². The first-order valence-electron chi connectivity index (χ1n) is 5.21. The van der Waals surface area contributed by atoms with E-state index in [0.717, 1.165) is 31.5 Å². The maximum absolute atomic E-state index is 11.3. The van der Waals surface area contributed by atoms with E-state index in [0.29, 0.717) is 5.56 Å². The third-order valence-corrected chi connectivity index (χ3v) is 3.13. The monoisotopic (exact) mass is 238 g/mol. The zero-order valence-electron chi connectivity index (χ0n) is 8.81. The third-order valence-electron chi connectivity index (χ3n) is 2.79. The number of amides is 1. The lowest BCUT2D eigenvalue weighted by Gasteiger charge is -2.12. The Labute approximate surface area is 99.8 Å². The van der Waals surface area contributed by atoms with Crippen molar-refractivity contribution in [3.63, 3.8) is 0 Å². The lowest BCUT2D eigenvalue weighted by molar-refractivity contribution is 0.0706. The van der Waals surface area contributed by atoms with Crippen LogP contribution in [0.4, 0.5) is 0 Å². The van der Waals surface area contributed by atoms with Gasteiger partial charge in [-0.05, 0) is 36.1 Å². The fourth-order valence-electron chi connectivity index (χ4n) is 1.95. The molecule has 1 heterocycles. The van der Waals surface area contributed by atoms with E-state index in [4.69, 9.17) is 5.21 Å². The fraction of sp³-hybridized carbons (Fsp3) is 0.364. The number of nitrogens with zero attached hydrogens (tertiary/aromatic N) is 1. The Bertz CT molecular complexity index is 409. The first-order chi connectivity index (χ1) is 7.70. The summed E-state index contributed by atoms with van der Waals surface area (Å²) in [6.07, 6.45) is 1.97. The average molecular weight is 238 g/mol. The molecule has 2 rings (SSSR count). The predicted molar refractivity (Wildman–Crippen MR) is 63.4 cm³/mol. The molecule has 1 aliphatic rings. The first kappa shape index (κ1) is 11.4. The quantitative estimate of drug-likeness (QED) is 0.394. The van der Waals surface area contributed by atoms with E-state index < -0.39 is 5.91 Å². The molecule has 86 valence electrons. The number of nitrogens with one attached hydrogen (secondary N) is 1. The zero-order chi connectivity index (χ0) is 11.5. The van der Waals surface area contributed by atoms with Crippen molar-refractivity contribution in [2.75, 3.05) is 6.54 Å². The van der Waals surface area contributed by atoms with Crippen molar-refractivity contribution < 1.29 is 10.0 Å². The van der Waals surface area contributed by atoms with Gasteiger partial charge in [0, 0.05) is 18.7 Å². The van der Waals surface area contributed by atoms with Crippen LogP contribution >= 0.6 is 12.8 Å². The molecule has 0 spiro atoms. The molecule has 0 bridgehead atoms. The Hall–Kier alpha value is -1.04. The van der Waals surface area contributed by atoms with Gasteiger partial charge in [-0.1, -0.05) is 18.9 Å². The molecule has 0 fully saturated rings. The highest BCUT2D eigenvalue weighted by atomic mass is 32.1. The summed E-state index contributed by atoms with van der Waals surface area (Å²) in [4.78, 5) is 11.3. The van der Waals surface area contributed by atoms with Crippen LogP contribution in [0.5, 0.6) is 0 Å². The number of hydrogen-bond donors (Lipinski definition) is 3. The minimum Gasteiger partial charge on any atom is -0.288 e. The predicted octanol–water partition coefficient (Wildman–Crippen LogP) is 1.40. The van der Waals surface area contributed by atoms with Crippen LogP contribution in [0, 0.1) is 0 Å². The first-order valence-corrected chi connectivity index (χ1v) is 5.61. The number of fused-ring (bicyclic) bond motifs is 1. The molecule has 1 aromatic carbocycles. The minimum atomic E-state index is -0.463. The standard InChI is InChI=1S/C11H14N2O2S/c14-11(12-15)9-3-4-10-7-13(16)5-1-2-8(10)6-9/h3-4,6,15-16H,1-2,5,7H2,(H,12,14). The van der Waals surface area contributed by atoms with E-state index in [-0.39, 0.29) is 0 Å². The SMILES string of the molecule is O=C(NO)c1ccc2c(c1)CCCN(S)C2. The van der Waals surface area contributed by atoms with Crippen LogP contribution < -0.4 is 5.48 Å². The molecule has 0 atom stereocenters. The largest absolute Gasteiger partial charge is 0.288 e. The molecule has 2 N–H and O–H groups in total. The summed E-state index contributed by atoms with van der Waals surface area (Å²) in [5.41, 5.74) is 4.50. The van der Waals surface area contributed by atoms with Gasteiger partial charge in [0.1, 0.15) is 0 Å². The van der Waals surface area contributed by atoms with Gasteiger partial charge in [0.15, 0.2) is 0 Å². The van der Waals surface area contributed by atoms with Crippen LogP contribution in [0.15, 0.2) is 18.2 Å². The number of carbonyl (C=O) groups is 1. The maximum Gasteiger partial charge on any atom is 0.274 e. The molecule has 5 heteroatoms. The smallest absolute Gasteiger partial charge is 0.274 e. The third kappa shape index (κ3) is 2.37. The minimum absolute atomic E-state index is 0.463. The topological polar surface area (TPSA) is 52.6 Å². The van der Waals surface area contributed by atoms with E-state index >= 15 is 0 Å². The summed E-state index contributed by atoms with van der Waals surface area (Å²) in [5.74, 6) is -0.463. The van der Waals surface area contributed by atoms with Crippen molar-refractivity contribution in [3.05, 3.63) is 34.9 Å². The second-order valence-electron chi connectivity index (χ2n) is 3.92. The van der Waals surface area contributed by atoms with Gasteiger partial charge in [0.05, 0.1) is 0 Å². The van der Waals surface area contributed by atoms with Gasteiger partial charge in [0.25, 0.3) is 5.91 Å². The van der Waals surface area contributed by atoms with Crippen molar-refractivity contribution in [2.45, 2.75) is 19.4 Å². The number of hydrogen-bond acceptors (Lipinski definition) is 4. The molecule has 1 amide bonds. The second kappa shape index (κ2) is 4.86. The molecule has 0 saturated carbocycles. The molecule has 0 unspecified atom stereocenters. The molecule has 0 aliphatic carbocycles. The number of carbonyl (C=O) groups excluding carboxylic acids is 1. The number of hydroxylamine groups is 1. The maximum atomic E-state index is 11.3. The van der Waals surface area contributed by atoms with Gasteiger partial charge in [-0.2, -0.15) is 0 Å². The number of aryl methyl sites for hydroxylation is 1. The Morgan fingerprint density at radius 1 is 1.44 bits per heavy atom. The van der Waals surface area contributed by atoms with Crippen LogP contribution in [0.25, 0.3) is 0 Å². The molecule has 0 radical (unpaired) electrons. The van der Waals surface area contributed by atoms with Crippen molar-refractivity contribution in [2.24, 2.45) is 0 Å². The summed E-state index contributed by atoms with van der Waals surface area (Å²) in [6.45, 7) is 1.73. The van der Waals surface area contributed by atoms with E-state index in [9.17, 15) is 4.79 Å². The van der Waals surface area contributed by atoms with E-state index in [1.165, 1.54) is 5.56 Å². The van der Waals surface area contributed by atoms with Gasteiger partial charge in [-0.15, -0.1) is 0 Å². The van der Waals surface area contributed by atoms with Gasteiger partial charge < -0.3 is 0 Å². The summed E-state index contributed by atoms with van der Waals surface area (Å²) in [5, 5.41) is 8.57. The van der Waals surface area contributed by atoms with Crippen LogP contribution in [-0.2, 0) is 13.0 Å². The summed E-state index contributed by atoms with van der Waals surface area (Å²) >= 11 is 4.35. The summed E-state index contributed by atoms with van der Waals surface area (Å²) < 4.78 is 1.97. The molecule has 0 saturated heterocycles. The lowest BCUT2D eigenvalue weighted by Crippen LogP contribution is -2.19. The second-order valence-corrected chi connectivity index (χ2v) is 4.48. The van der Waals surface area contributed by atoms with Gasteiger partial charge in [-0.3, -0.25) is 10.0 Å². The molecule has 0 aromatic heterocycles. The molecule has 1 aromatic rings. The van der Waals surface area contributed by atoms with E-state index in [2.05, 4.69) is 12.8 Å². The zero-order valence-corrected chi connectivity index (χ0v) is 9.70. The van der Waals surface area contributed by atoms with Crippen LogP contribution in [0.3, 0.4) is 0 Å². The van der Waals surface area contributed by atoms with Gasteiger partial charge in [-0.25, -0.2) is 9.79 Å². The molecule has 4 nitrogen and oxygen atoms in total. The Morgan fingerprint density at radius 3 is 3.00 bits per heavy atom. The highest BCUT2D eigenvalue weighted by Crippen LogP contribution is 2.21. The van der Waals surface area contributed by atoms with Gasteiger partial charge in [0.2, 0.25) is 0 Å². The number of thiol groups is 1. The fourth-order valence-corrected chi connectivity index (χ4v) is 2.24. The summed E-state index contributed by atoms with van der Waals surface area (Å²) in [7, 11) is 0. The van der Waals surface area contributed by atoms with Crippen LogP contribution in [-0.4, -0.2) is 22.0 Å². The number of rotatable bonds is 1. The molecular weight excluding hydrogens is 224 g/mol. The van der Waals surface area contributed by atoms with Crippen LogP contribution in [0.1, 0.15) is 27.9 Å². The average Bonchev–Trinajstić information content (AvgIpc) is 2.47. The Kier molecular flexibility index (Phi) is 3.48. The molecule has 1 aliphatic heterocycles. The normalized spacial score (nSPS) is 16.4. The van der Waals surface area contributed by atoms with Crippen molar-refractivity contribution in [1.29, 1.82) is 0 Å². The highest BCUT2D eigenvalue weighted by Gasteiger charge is 2.14. The van der Waals surface area contributed by atoms with Crippen LogP contribution in [0.2, 0.25) is 0 Å². The number of benzene rings is 1. The molecular formula is C11H14N2O2S. The van der Waals surface area contributed by atoms with Crippen molar-refractivity contribution in [3.8, 4) is 0 Å². The Balaban J connectivity index is 2.31. The Morgan fingerprint density at radius 2 is 2.25 bits per heavy atom. The van der Waals surface area contributed by atoms with E-state index in [1.54, 1.807) is 11.5 Å². The van der Waals surface area contributed by atoms with E-state index in [1.807, 2.05) is 16.4 Å². The highest BCUT2D eigenvalue weighted by molar-refractivity contribution is 7.77. The van der Waals surface area contributed by atoms with Gasteiger partial charge >= 0.3 is 0 Å². The molecule has 16 heavy (non-hydrogen) atoms.